The fourth-order valence-corrected chi connectivity index (χ4v) is 1.40. The van der Waals surface area contributed by atoms with Crippen molar-refractivity contribution >= 4 is 5.91 Å². The van der Waals surface area contributed by atoms with E-state index in [1.165, 1.54) is 6.07 Å². The number of halogens is 3. The van der Waals surface area contributed by atoms with E-state index in [0.29, 0.717) is 6.07 Å². The van der Waals surface area contributed by atoms with Crippen LogP contribution in [0, 0.1) is 5.82 Å². The van der Waals surface area contributed by atoms with Crippen LogP contribution in [0.4, 0.5) is 13.2 Å². The fraction of sp³-hybridized carbons (Fsp3) is 0.222. The molecule has 2 nitrogen and oxygen atoms in total. The van der Waals surface area contributed by atoms with Crippen LogP contribution in [0.15, 0.2) is 18.2 Å². The second-order valence-electron chi connectivity index (χ2n) is 3.06. The number of fused-ring (bicyclic) bond motifs is 1. The number of rotatable bonds is 0. The molecule has 1 amide bonds. The molecule has 0 aromatic heterocycles. The number of nitrogens with one attached hydrogen (secondary N) is 1. The van der Waals surface area contributed by atoms with E-state index in [0.717, 1.165) is 6.07 Å². The number of carbonyl (C=O) groups excluding carboxylic acids is 1. The first-order valence-electron chi connectivity index (χ1n) is 3.97. The Kier molecular flexibility index (Phi) is 1.77. The van der Waals surface area contributed by atoms with Crippen molar-refractivity contribution in [3.05, 3.63) is 35.1 Å². The maximum absolute atomic E-state index is 13.2. The van der Waals surface area contributed by atoms with Gasteiger partial charge in [0.2, 0.25) is 0 Å². The summed E-state index contributed by atoms with van der Waals surface area (Å²) in [5.74, 6) is -5.77. The van der Waals surface area contributed by atoms with Crippen LogP contribution in [0.1, 0.15) is 11.1 Å². The summed E-state index contributed by atoms with van der Waals surface area (Å²) >= 11 is 0. The number of amides is 1. The SMILES string of the molecule is O=C1NCc2ccc(F)cc2C1(F)F. The molecule has 1 aliphatic rings. The third kappa shape index (κ3) is 1.16. The lowest BCUT2D eigenvalue weighted by atomic mass is 9.97. The van der Waals surface area contributed by atoms with Gasteiger partial charge >= 0.3 is 5.92 Å². The largest absolute Gasteiger partial charge is 0.350 e. The second kappa shape index (κ2) is 2.73. The average Bonchev–Trinajstić information content (AvgIpc) is 2.13. The van der Waals surface area contributed by atoms with Crippen LogP contribution < -0.4 is 5.32 Å². The Morgan fingerprint density at radius 1 is 1.36 bits per heavy atom. The van der Waals surface area contributed by atoms with Gasteiger partial charge < -0.3 is 5.32 Å². The standard InChI is InChI=1S/C9H6F3NO/c10-6-2-1-5-4-13-8(14)9(11,12)7(5)3-6/h1-3H,4H2,(H,13,14). The zero-order valence-corrected chi connectivity index (χ0v) is 6.98. The Balaban J connectivity index is 2.61. The first kappa shape index (κ1) is 9.05. The van der Waals surface area contributed by atoms with Gasteiger partial charge in [-0.2, -0.15) is 8.78 Å². The summed E-state index contributed by atoms with van der Waals surface area (Å²) in [5, 5.41) is 2.04. The predicted molar refractivity (Wildman–Crippen MR) is 42.1 cm³/mol. The summed E-state index contributed by atoms with van der Waals surface area (Å²) in [7, 11) is 0. The number of carbonyl (C=O) groups is 1. The zero-order valence-electron chi connectivity index (χ0n) is 6.98. The lowest BCUT2D eigenvalue weighted by Crippen LogP contribution is -2.43. The van der Waals surface area contributed by atoms with Crippen molar-refractivity contribution in [3.63, 3.8) is 0 Å². The third-order valence-electron chi connectivity index (χ3n) is 2.13. The summed E-state index contributed by atoms with van der Waals surface area (Å²) < 4.78 is 39.1. The van der Waals surface area contributed by atoms with Crippen molar-refractivity contribution in [3.8, 4) is 0 Å². The molecule has 0 saturated heterocycles. The molecule has 74 valence electrons. The Morgan fingerprint density at radius 2 is 2.07 bits per heavy atom. The highest BCUT2D eigenvalue weighted by Gasteiger charge is 2.45. The molecule has 2 rings (SSSR count). The van der Waals surface area contributed by atoms with E-state index >= 15 is 0 Å². The highest BCUT2D eigenvalue weighted by Crippen LogP contribution is 2.34. The molecule has 0 unspecified atom stereocenters. The summed E-state index contributed by atoms with van der Waals surface area (Å²) in [6.45, 7) is 0.0179. The maximum Gasteiger partial charge on any atom is 0.350 e. The number of hydrogen-bond donors (Lipinski definition) is 1. The molecule has 1 aromatic rings. The fourth-order valence-electron chi connectivity index (χ4n) is 1.40. The zero-order chi connectivity index (χ0) is 10.3. The molecule has 0 saturated carbocycles. The van der Waals surface area contributed by atoms with Crippen molar-refractivity contribution in [1.82, 2.24) is 5.32 Å². The lowest BCUT2D eigenvalue weighted by molar-refractivity contribution is -0.148. The quantitative estimate of drug-likeness (QED) is 0.677. The van der Waals surface area contributed by atoms with E-state index in [4.69, 9.17) is 0 Å². The highest BCUT2D eigenvalue weighted by molar-refractivity contribution is 5.86. The van der Waals surface area contributed by atoms with Crippen LogP contribution in [0.2, 0.25) is 0 Å². The number of hydrogen-bond acceptors (Lipinski definition) is 1. The molecule has 0 radical (unpaired) electrons. The normalized spacial score (nSPS) is 18.6. The van der Waals surface area contributed by atoms with Crippen molar-refractivity contribution in [2.45, 2.75) is 12.5 Å². The smallest absolute Gasteiger partial charge is 0.346 e. The molecule has 0 spiro atoms. The highest BCUT2D eigenvalue weighted by atomic mass is 19.3. The van der Waals surface area contributed by atoms with Gasteiger partial charge in [0.1, 0.15) is 5.82 Å². The van der Waals surface area contributed by atoms with Crippen LogP contribution in [0.3, 0.4) is 0 Å². The molecular formula is C9H6F3NO. The molecule has 1 heterocycles. The minimum Gasteiger partial charge on any atom is -0.346 e. The second-order valence-corrected chi connectivity index (χ2v) is 3.06. The van der Waals surface area contributed by atoms with Gasteiger partial charge in [0.15, 0.2) is 0 Å². The lowest BCUT2D eigenvalue weighted by Gasteiger charge is -2.24. The molecule has 1 N–H and O–H groups in total. The predicted octanol–water partition coefficient (Wildman–Crippen LogP) is 1.55. The molecular weight excluding hydrogens is 195 g/mol. The van der Waals surface area contributed by atoms with Crippen molar-refractivity contribution in [2.24, 2.45) is 0 Å². The van der Waals surface area contributed by atoms with E-state index < -0.39 is 23.2 Å². The Hall–Kier alpha value is -1.52. The van der Waals surface area contributed by atoms with Gasteiger partial charge in [0.25, 0.3) is 5.91 Å². The minimum atomic E-state index is -3.63. The summed E-state index contributed by atoms with van der Waals surface area (Å²) in [5.41, 5.74) is -0.294. The van der Waals surface area contributed by atoms with Crippen LogP contribution >= 0.6 is 0 Å². The molecule has 1 aliphatic heterocycles. The van der Waals surface area contributed by atoms with E-state index in [1.807, 2.05) is 5.32 Å². The van der Waals surface area contributed by atoms with Gasteiger partial charge in [0, 0.05) is 12.1 Å². The molecule has 14 heavy (non-hydrogen) atoms. The summed E-state index contributed by atoms with van der Waals surface area (Å²) in [4.78, 5) is 10.8. The van der Waals surface area contributed by atoms with Crippen LogP contribution in [-0.2, 0) is 17.3 Å². The van der Waals surface area contributed by atoms with Crippen molar-refractivity contribution in [1.29, 1.82) is 0 Å². The van der Waals surface area contributed by atoms with Crippen molar-refractivity contribution < 1.29 is 18.0 Å². The average molecular weight is 201 g/mol. The van der Waals surface area contributed by atoms with E-state index in [-0.39, 0.29) is 12.1 Å². The number of benzene rings is 1. The van der Waals surface area contributed by atoms with Gasteiger partial charge in [-0.3, -0.25) is 4.79 Å². The first-order chi connectivity index (χ1) is 6.51. The Morgan fingerprint density at radius 3 is 2.79 bits per heavy atom. The summed E-state index contributed by atoms with van der Waals surface area (Å²) in [6.07, 6.45) is 0. The molecule has 1 aromatic carbocycles. The van der Waals surface area contributed by atoms with E-state index in [1.54, 1.807) is 0 Å². The molecule has 0 bridgehead atoms. The third-order valence-corrected chi connectivity index (χ3v) is 2.13. The Labute approximate surface area is 77.7 Å². The minimum absolute atomic E-state index is 0.0179. The van der Waals surface area contributed by atoms with Gasteiger partial charge in [-0.1, -0.05) is 6.07 Å². The van der Waals surface area contributed by atoms with Crippen LogP contribution in [0.5, 0.6) is 0 Å². The molecule has 0 aliphatic carbocycles. The molecule has 0 atom stereocenters. The monoisotopic (exact) mass is 201 g/mol. The van der Waals surface area contributed by atoms with Gasteiger partial charge in [-0.05, 0) is 17.7 Å². The molecule has 0 fully saturated rings. The van der Waals surface area contributed by atoms with Crippen LogP contribution in [0.25, 0.3) is 0 Å². The molecule has 5 heteroatoms. The van der Waals surface area contributed by atoms with Crippen molar-refractivity contribution in [2.75, 3.05) is 0 Å². The van der Waals surface area contributed by atoms with E-state index in [2.05, 4.69) is 0 Å². The number of alkyl halides is 2. The van der Waals surface area contributed by atoms with Gasteiger partial charge in [0.05, 0.1) is 0 Å². The van der Waals surface area contributed by atoms with Gasteiger partial charge in [-0.25, -0.2) is 4.39 Å². The topological polar surface area (TPSA) is 29.1 Å². The summed E-state index contributed by atoms with van der Waals surface area (Å²) in [6, 6.07) is 3.04. The first-order valence-corrected chi connectivity index (χ1v) is 3.97. The Bertz CT molecular complexity index is 403. The van der Waals surface area contributed by atoms with Gasteiger partial charge in [-0.15, -0.1) is 0 Å². The van der Waals surface area contributed by atoms with E-state index in [9.17, 15) is 18.0 Å². The maximum atomic E-state index is 13.2. The van der Waals surface area contributed by atoms with Crippen LogP contribution in [-0.4, -0.2) is 5.91 Å².